The number of guanidine groups is 1. The number of morpholine rings is 1. The third-order valence-corrected chi connectivity index (χ3v) is 5.17. The molecule has 1 aromatic rings. The van der Waals surface area contributed by atoms with Crippen LogP contribution in [0.15, 0.2) is 29.3 Å². The zero-order valence-electron chi connectivity index (χ0n) is 18.4. The number of hydrogen-bond donors (Lipinski definition) is 1. The zero-order chi connectivity index (χ0) is 20.4. The van der Waals surface area contributed by atoms with Crippen molar-refractivity contribution in [2.45, 2.75) is 52.7 Å². The third-order valence-electron chi connectivity index (χ3n) is 5.17. The Labute approximate surface area is 193 Å². The number of aliphatic imine (C=N–C) groups is 1. The van der Waals surface area contributed by atoms with Gasteiger partial charge in [0.2, 0.25) is 0 Å². The van der Waals surface area contributed by atoms with Gasteiger partial charge in [0.05, 0.1) is 12.6 Å². The SMILES string of the molecule is CCNC(=NCCCCN(CC)CC)N1CC(C)OC(c2ccc(F)cc2)C1.I. The lowest BCUT2D eigenvalue weighted by molar-refractivity contribution is -0.0605. The van der Waals surface area contributed by atoms with E-state index >= 15 is 0 Å². The first-order chi connectivity index (χ1) is 13.6. The molecule has 2 rings (SSSR count). The van der Waals surface area contributed by atoms with Gasteiger partial charge in [-0.15, -0.1) is 24.0 Å². The minimum Gasteiger partial charge on any atom is -0.367 e. The summed E-state index contributed by atoms with van der Waals surface area (Å²) in [6.45, 7) is 15.2. The average molecular weight is 520 g/mol. The fourth-order valence-electron chi connectivity index (χ4n) is 3.58. The molecule has 0 aromatic heterocycles. The Hall–Kier alpha value is -0.930. The topological polar surface area (TPSA) is 40.1 Å². The number of nitrogens with one attached hydrogen (secondary N) is 1. The first-order valence-corrected chi connectivity index (χ1v) is 10.7. The van der Waals surface area contributed by atoms with Gasteiger partial charge < -0.3 is 19.9 Å². The second-order valence-electron chi connectivity index (χ2n) is 7.36. The molecule has 2 atom stereocenters. The van der Waals surface area contributed by atoms with Crippen LogP contribution in [-0.2, 0) is 4.74 Å². The predicted molar refractivity (Wildman–Crippen MR) is 130 cm³/mol. The molecule has 29 heavy (non-hydrogen) atoms. The van der Waals surface area contributed by atoms with Crippen molar-refractivity contribution in [3.8, 4) is 0 Å². The van der Waals surface area contributed by atoms with E-state index in [1.807, 2.05) is 12.1 Å². The molecule has 1 N–H and O–H groups in total. The standard InChI is InChI=1S/C22H37FN4O.HI/c1-5-24-22(25-14-8-9-15-26(6-2)7-3)27-16-18(4)28-21(17-27)19-10-12-20(23)13-11-19;/h10-13,18,21H,5-9,14-17H2,1-4H3,(H,24,25);1H. The van der Waals surface area contributed by atoms with Crippen molar-refractivity contribution in [3.05, 3.63) is 35.6 Å². The number of halogens is 2. The second-order valence-corrected chi connectivity index (χ2v) is 7.36. The Morgan fingerprint density at radius 2 is 1.86 bits per heavy atom. The maximum Gasteiger partial charge on any atom is 0.194 e. The molecule has 7 heteroatoms. The Morgan fingerprint density at radius 3 is 2.48 bits per heavy atom. The van der Waals surface area contributed by atoms with E-state index < -0.39 is 0 Å². The van der Waals surface area contributed by atoms with Crippen LogP contribution in [0.1, 0.15) is 52.2 Å². The highest BCUT2D eigenvalue weighted by Gasteiger charge is 2.28. The largest absolute Gasteiger partial charge is 0.367 e. The van der Waals surface area contributed by atoms with Gasteiger partial charge in [-0.05, 0) is 64.0 Å². The molecule has 5 nitrogen and oxygen atoms in total. The normalized spacial score (nSPS) is 19.9. The smallest absolute Gasteiger partial charge is 0.194 e. The molecule has 1 aromatic carbocycles. The average Bonchev–Trinajstić information content (AvgIpc) is 2.70. The Bertz CT molecular complexity index is 595. The predicted octanol–water partition coefficient (Wildman–Crippen LogP) is 4.29. The van der Waals surface area contributed by atoms with Crippen LogP contribution in [0.25, 0.3) is 0 Å². The van der Waals surface area contributed by atoms with E-state index in [-0.39, 0.29) is 42.0 Å². The van der Waals surface area contributed by atoms with Crippen LogP contribution in [0.3, 0.4) is 0 Å². The molecule has 1 heterocycles. The molecule has 0 amide bonds. The Morgan fingerprint density at radius 1 is 1.17 bits per heavy atom. The highest BCUT2D eigenvalue weighted by molar-refractivity contribution is 14.0. The van der Waals surface area contributed by atoms with Crippen LogP contribution < -0.4 is 5.32 Å². The molecule has 1 fully saturated rings. The number of ether oxygens (including phenoxy) is 1. The Kier molecular flexibility index (Phi) is 12.7. The first kappa shape index (κ1) is 26.1. The lowest BCUT2D eigenvalue weighted by Crippen LogP contribution is -2.50. The van der Waals surface area contributed by atoms with Gasteiger partial charge >= 0.3 is 0 Å². The van der Waals surface area contributed by atoms with E-state index in [0.29, 0.717) is 0 Å². The Balaban J connectivity index is 0.00000420. The maximum absolute atomic E-state index is 13.2. The summed E-state index contributed by atoms with van der Waals surface area (Å²) in [6.07, 6.45) is 2.28. The van der Waals surface area contributed by atoms with Gasteiger partial charge in [-0.2, -0.15) is 0 Å². The number of benzene rings is 1. The van der Waals surface area contributed by atoms with Gasteiger partial charge in [0, 0.05) is 19.6 Å². The quantitative estimate of drug-likeness (QED) is 0.228. The lowest BCUT2D eigenvalue weighted by Gasteiger charge is -2.38. The van der Waals surface area contributed by atoms with Crippen molar-refractivity contribution in [1.29, 1.82) is 0 Å². The van der Waals surface area contributed by atoms with Crippen molar-refractivity contribution >= 4 is 29.9 Å². The number of rotatable bonds is 9. The summed E-state index contributed by atoms with van der Waals surface area (Å²) in [4.78, 5) is 9.58. The minimum absolute atomic E-state index is 0. The van der Waals surface area contributed by atoms with Gasteiger partial charge in [-0.25, -0.2) is 4.39 Å². The molecule has 0 aliphatic carbocycles. The molecular weight excluding hydrogens is 482 g/mol. The molecule has 166 valence electrons. The van der Waals surface area contributed by atoms with Crippen LogP contribution in [0.4, 0.5) is 4.39 Å². The molecule has 0 spiro atoms. The molecule has 2 unspecified atom stereocenters. The van der Waals surface area contributed by atoms with E-state index in [2.05, 4.69) is 42.8 Å². The third kappa shape index (κ3) is 8.76. The van der Waals surface area contributed by atoms with Crippen LogP contribution in [0.2, 0.25) is 0 Å². The monoisotopic (exact) mass is 520 g/mol. The minimum atomic E-state index is -0.218. The van der Waals surface area contributed by atoms with Crippen LogP contribution in [0, 0.1) is 5.82 Å². The van der Waals surface area contributed by atoms with Crippen molar-refractivity contribution < 1.29 is 9.13 Å². The second kappa shape index (κ2) is 14.1. The van der Waals surface area contributed by atoms with E-state index in [1.165, 1.54) is 18.6 Å². The van der Waals surface area contributed by atoms with Crippen molar-refractivity contribution in [1.82, 2.24) is 15.1 Å². The van der Waals surface area contributed by atoms with Crippen molar-refractivity contribution in [3.63, 3.8) is 0 Å². The highest BCUT2D eigenvalue weighted by atomic mass is 127. The summed E-state index contributed by atoms with van der Waals surface area (Å²) in [5.41, 5.74) is 1.01. The van der Waals surface area contributed by atoms with E-state index in [1.54, 1.807) is 0 Å². The molecule has 0 bridgehead atoms. The fourth-order valence-corrected chi connectivity index (χ4v) is 3.58. The molecular formula is C22H38FIN4O. The summed E-state index contributed by atoms with van der Waals surface area (Å²) in [5.74, 6) is 0.733. The van der Waals surface area contributed by atoms with Crippen LogP contribution in [0.5, 0.6) is 0 Å². The number of hydrogen-bond acceptors (Lipinski definition) is 3. The molecule has 1 aliphatic rings. The van der Waals surface area contributed by atoms with Gasteiger partial charge in [0.15, 0.2) is 5.96 Å². The first-order valence-electron chi connectivity index (χ1n) is 10.7. The van der Waals surface area contributed by atoms with Gasteiger partial charge in [0.25, 0.3) is 0 Å². The lowest BCUT2D eigenvalue weighted by atomic mass is 10.1. The molecule has 1 saturated heterocycles. The number of unbranched alkanes of at least 4 members (excludes halogenated alkanes) is 1. The number of nitrogens with zero attached hydrogens (tertiary/aromatic N) is 3. The zero-order valence-corrected chi connectivity index (χ0v) is 20.7. The highest BCUT2D eigenvalue weighted by Crippen LogP contribution is 2.25. The van der Waals surface area contributed by atoms with E-state index in [4.69, 9.17) is 9.73 Å². The van der Waals surface area contributed by atoms with E-state index in [9.17, 15) is 4.39 Å². The summed E-state index contributed by atoms with van der Waals surface area (Å²) in [7, 11) is 0. The van der Waals surface area contributed by atoms with Gasteiger partial charge in [-0.1, -0.05) is 26.0 Å². The van der Waals surface area contributed by atoms with Crippen molar-refractivity contribution in [2.75, 3.05) is 45.8 Å². The van der Waals surface area contributed by atoms with Gasteiger partial charge in [0.1, 0.15) is 11.9 Å². The van der Waals surface area contributed by atoms with E-state index in [0.717, 1.165) is 63.8 Å². The van der Waals surface area contributed by atoms with Crippen LogP contribution in [-0.4, -0.2) is 67.7 Å². The summed E-state index contributed by atoms with van der Waals surface area (Å²) in [6, 6.07) is 6.62. The maximum atomic E-state index is 13.2. The molecule has 1 aliphatic heterocycles. The summed E-state index contributed by atoms with van der Waals surface area (Å²) >= 11 is 0. The van der Waals surface area contributed by atoms with Crippen LogP contribution >= 0.6 is 24.0 Å². The fraction of sp³-hybridized carbons (Fsp3) is 0.682. The van der Waals surface area contributed by atoms with Gasteiger partial charge in [-0.3, -0.25) is 4.99 Å². The van der Waals surface area contributed by atoms with Crippen molar-refractivity contribution in [2.24, 2.45) is 4.99 Å². The molecule has 0 radical (unpaired) electrons. The summed E-state index contributed by atoms with van der Waals surface area (Å²) in [5, 5.41) is 3.43. The molecule has 0 saturated carbocycles. The summed E-state index contributed by atoms with van der Waals surface area (Å²) < 4.78 is 19.4.